The van der Waals surface area contributed by atoms with Crippen LogP contribution in [-0.2, 0) is 13.0 Å². The van der Waals surface area contributed by atoms with Gasteiger partial charge in [0.2, 0.25) is 0 Å². The fraction of sp³-hybridized carbons (Fsp3) is 0.222. The molecule has 2 N–H and O–H groups in total. The molecule has 0 aliphatic rings. The monoisotopic (exact) mass is 339 g/mol. The second kappa shape index (κ2) is 8.31. The number of guanidine groups is 1. The topological polar surface area (TPSA) is 54.2 Å². The molecule has 0 aliphatic carbocycles. The molecule has 0 bridgehead atoms. The van der Waals surface area contributed by atoms with Crippen LogP contribution in [0.1, 0.15) is 10.4 Å². The summed E-state index contributed by atoms with van der Waals surface area (Å²) < 4.78 is 1.86. The van der Waals surface area contributed by atoms with Crippen LogP contribution in [0.5, 0.6) is 0 Å². The molecule has 0 unspecified atom stereocenters. The van der Waals surface area contributed by atoms with Crippen molar-refractivity contribution >= 4 is 17.3 Å². The van der Waals surface area contributed by atoms with Gasteiger partial charge in [-0.15, -0.1) is 11.3 Å². The van der Waals surface area contributed by atoms with Crippen molar-refractivity contribution in [2.45, 2.75) is 13.0 Å². The zero-order chi connectivity index (χ0) is 16.6. The van der Waals surface area contributed by atoms with Crippen molar-refractivity contribution < 1.29 is 0 Å². The number of hydrogen-bond acceptors (Lipinski definition) is 3. The minimum Gasteiger partial charge on any atom is -0.356 e. The number of nitrogens with one attached hydrogen (secondary N) is 2. The van der Waals surface area contributed by atoms with Gasteiger partial charge in [-0.25, -0.2) is 4.68 Å². The first-order chi connectivity index (χ1) is 11.8. The standard InChI is InChI=1S/C18H21N5S/c1-19-18(21-14-17-4-2-13-24-17)20-11-9-15-5-7-16(8-6-15)23-12-3-10-22-23/h2-8,10,12-13H,9,11,14H2,1H3,(H2,19,20,21). The van der Waals surface area contributed by atoms with Crippen LogP contribution >= 0.6 is 11.3 Å². The molecular weight excluding hydrogens is 318 g/mol. The Kier molecular flexibility index (Phi) is 5.63. The molecule has 2 aromatic heterocycles. The van der Waals surface area contributed by atoms with Crippen molar-refractivity contribution in [3.8, 4) is 5.69 Å². The van der Waals surface area contributed by atoms with Crippen molar-refractivity contribution in [1.82, 2.24) is 20.4 Å². The van der Waals surface area contributed by atoms with Crippen molar-refractivity contribution in [1.29, 1.82) is 0 Å². The molecule has 2 heterocycles. The maximum absolute atomic E-state index is 4.25. The van der Waals surface area contributed by atoms with E-state index in [2.05, 4.69) is 62.5 Å². The molecule has 0 amide bonds. The number of aromatic nitrogens is 2. The van der Waals surface area contributed by atoms with Crippen LogP contribution in [0.2, 0.25) is 0 Å². The van der Waals surface area contributed by atoms with Crippen molar-refractivity contribution in [3.63, 3.8) is 0 Å². The molecule has 0 spiro atoms. The lowest BCUT2D eigenvalue weighted by Gasteiger charge is -2.11. The third-order valence-electron chi connectivity index (χ3n) is 3.65. The summed E-state index contributed by atoms with van der Waals surface area (Å²) in [4.78, 5) is 5.55. The van der Waals surface area contributed by atoms with Gasteiger partial charge in [0.1, 0.15) is 0 Å². The van der Waals surface area contributed by atoms with Crippen LogP contribution < -0.4 is 10.6 Å². The van der Waals surface area contributed by atoms with Gasteiger partial charge in [0.15, 0.2) is 5.96 Å². The van der Waals surface area contributed by atoms with E-state index in [1.807, 2.05) is 16.9 Å². The minimum absolute atomic E-state index is 0.801. The summed E-state index contributed by atoms with van der Waals surface area (Å²) in [6, 6.07) is 14.6. The van der Waals surface area contributed by atoms with Crippen molar-refractivity contribution in [3.05, 3.63) is 70.7 Å². The molecule has 3 rings (SSSR count). The molecule has 24 heavy (non-hydrogen) atoms. The Hall–Kier alpha value is -2.60. The number of nitrogens with zero attached hydrogens (tertiary/aromatic N) is 3. The van der Waals surface area contributed by atoms with Gasteiger partial charge in [-0.1, -0.05) is 18.2 Å². The van der Waals surface area contributed by atoms with E-state index in [1.165, 1.54) is 10.4 Å². The van der Waals surface area contributed by atoms with Gasteiger partial charge in [0.05, 0.1) is 12.2 Å². The Labute approximate surface area is 146 Å². The fourth-order valence-corrected chi connectivity index (χ4v) is 3.01. The lowest BCUT2D eigenvalue weighted by atomic mass is 10.1. The molecule has 5 nitrogen and oxygen atoms in total. The Bertz CT molecular complexity index is 745. The Morgan fingerprint density at radius 3 is 2.71 bits per heavy atom. The minimum atomic E-state index is 0.801. The molecule has 0 radical (unpaired) electrons. The second-order valence-electron chi connectivity index (χ2n) is 5.30. The van der Waals surface area contributed by atoms with Gasteiger partial charge < -0.3 is 10.6 Å². The summed E-state index contributed by atoms with van der Waals surface area (Å²) in [6.07, 6.45) is 4.67. The molecular formula is C18H21N5S. The SMILES string of the molecule is CN=C(NCCc1ccc(-n2cccn2)cc1)NCc1cccs1. The first-order valence-electron chi connectivity index (χ1n) is 7.91. The largest absolute Gasteiger partial charge is 0.356 e. The van der Waals surface area contributed by atoms with Crippen LogP contribution in [0.25, 0.3) is 5.69 Å². The van der Waals surface area contributed by atoms with E-state index >= 15 is 0 Å². The molecule has 3 aromatic rings. The van der Waals surface area contributed by atoms with Gasteiger partial charge >= 0.3 is 0 Å². The zero-order valence-corrected chi connectivity index (χ0v) is 14.5. The average molecular weight is 339 g/mol. The number of thiophene rings is 1. The number of rotatable bonds is 6. The van der Waals surface area contributed by atoms with Crippen LogP contribution in [-0.4, -0.2) is 29.3 Å². The Morgan fingerprint density at radius 2 is 2.04 bits per heavy atom. The lowest BCUT2D eigenvalue weighted by molar-refractivity contribution is 0.798. The predicted octanol–water partition coefficient (Wildman–Crippen LogP) is 2.84. The van der Waals surface area contributed by atoms with Crippen molar-refractivity contribution in [2.24, 2.45) is 4.99 Å². The van der Waals surface area contributed by atoms with Crippen LogP contribution in [0.15, 0.2) is 65.2 Å². The number of aliphatic imine (C=N–C) groups is 1. The molecule has 124 valence electrons. The summed E-state index contributed by atoms with van der Waals surface area (Å²) in [7, 11) is 1.79. The van der Waals surface area contributed by atoms with E-state index in [0.717, 1.165) is 31.2 Å². The smallest absolute Gasteiger partial charge is 0.191 e. The van der Waals surface area contributed by atoms with Gasteiger partial charge in [0.25, 0.3) is 0 Å². The van der Waals surface area contributed by atoms with Gasteiger partial charge in [-0.2, -0.15) is 5.10 Å². The Balaban J connectivity index is 1.45. The highest BCUT2D eigenvalue weighted by Gasteiger charge is 2.00. The van der Waals surface area contributed by atoms with Gasteiger partial charge in [-0.05, 0) is 41.6 Å². The number of benzene rings is 1. The highest BCUT2D eigenvalue weighted by atomic mass is 32.1. The molecule has 1 aromatic carbocycles. The van der Waals surface area contributed by atoms with E-state index in [1.54, 1.807) is 24.6 Å². The molecule has 0 atom stereocenters. The normalized spacial score (nSPS) is 11.5. The molecule has 0 saturated heterocycles. The van der Waals surface area contributed by atoms with E-state index in [9.17, 15) is 0 Å². The van der Waals surface area contributed by atoms with Gasteiger partial charge in [-0.3, -0.25) is 4.99 Å². The third kappa shape index (κ3) is 4.45. The summed E-state index contributed by atoms with van der Waals surface area (Å²) in [5.41, 5.74) is 2.36. The average Bonchev–Trinajstić information content (AvgIpc) is 3.32. The summed E-state index contributed by atoms with van der Waals surface area (Å²) in [5.74, 6) is 0.830. The van der Waals surface area contributed by atoms with Crippen LogP contribution in [0.3, 0.4) is 0 Å². The molecule has 0 fully saturated rings. The van der Waals surface area contributed by atoms with E-state index in [4.69, 9.17) is 0 Å². The van der Waals surface area contributed by atoms with Gasteiger partial charge in [0, 0.05) is 30.9 Å². The lowest BCUT2D eigenvalue weighted by Crippen LogP contribution is -2.37. The molecule has 6 heteroatoms. The first-order valence-corrected chi connectivity index (χ1v) is 8.79. The Morgan fingerprint density at radius 1 is 1.17 bits per heavy atom. The van der Waals surface area contributed by atoms with Crippen molar-refractivity contribution in [2.75, 3.05) is 13.6 Å². The third-order valence-corrected chi connectivity index (χ3v) is 4.52. The van der Waals surface area contributed by atoms with E-state index in [0.29, 0.717) is 0 Å². The maximum atomic E-state index is 4.25. The summed E-state index contributed by atoms with van der Waals surface area (Å²) in [5, 5.41) is 13.0. The quantitative estimate of drug-likeness (QED) is 0.536. The maximum Gasteiger partial charge on any atom is 0.191 e. The second-order valence-corrected chi connectivity index (χ2v) is 6.33. The van der Waals surface area contributed by atoms with E-state index in [-0.39, 0.29) is 0 Å². The molecule has 0 saturated carbocycles. The molecule has 0 aliphatic heterocycles. The first kappa shape index (κ1) is 16.3. The highest BCUT2D eigenvalue weighted by molar-refractivity contribution is 7.09. The summed E-state index contributed by atoms with van der Waals surface area (Å²) >= 11 is 1.74. The predicted molar refractivity (Wildman–Crippen MR) is 99.8 cm³/mol. The number of hydrogen-bond donors (Lipinski definition) is 2. The summed E-state index contributed by atoms with van der Waals surface area (Å²) in [6.45, 7) is 1.64. The highest BCUT2D eigenvalue weighted by Crippen LogP contribution is 2.09. The van der Waals surface area contributed by atoms with Crippen LogP contribution in [0, 0.1) is 0 Å². The van der Waals surface area contributed by atoms with Crippen LogP contribution in [0.4, 0.5) is 0 Å². The zero-order valence-electron chi connectivity index (χ0n) is 13.6. The van der Waals surface area contributed by atoms with E-state index < -0.39 is 0 Å². The fourth-order valence-electron chi connectivity index (χ4n) is 2.37.